The number of nitrogens with one attached hydrogen (secondary N) is 2. The molecule has 2 N–H and O–H groups in total. The van der Waals surface area contributed by atoms with Crippen molar-refractivity contribution in [2.45, 2.75) is 31.1 Å². The van der Waals surface area contributed by atoms with E-state index < -0.39 is 10.0 Å². The zero-order valence-electron chi connectivity index (χ0n) is 16.7. The van der Waals surface area contributed by atoms with Crippen LogP contribution in [0.5, 0.6) is 0 Å². The van der Waals surface area contributed by atoms with Gasteiger partial charge in [-0.05, 0) is 56.0 Å². The summed E-state index contributed by atoms with van der Waals surface area (Å²) in [5.41, 5.74) is 2.40. The number of rotatable bonds is 6. The number of carbonyl (C=O) groups excluding carboxylic acids is 1. The van der Waals surface area contributed by atoms with Crippen LogP contribution in [0.1, 0.15) is 29.4 Å². The largest absolute Gasteiger partial charge is 0.326 e. The van der Waals surface area contributed by atoms with Gasteiger partial charge >= 0.3 is 0 Å². The van der Waals surface area contributed by atoms with E-state index in [2.05, 4.69) is 20.0 Å². The van der Waals surface area contributed by atoms with E-state index in [0.29, 0.717) is 17.2 Å². The van der Waals surface area contributed by atoms with Gasteiger partial charge in [-0.1, -0.05) is 30.3 Å². The summed E-state index contributed by atoms with van der Waals surface area (Å²) in [4.78, 5) is 20.8. The summed E-state index contributed by atoms with van der Waals surface area (Å²) in [7, 11) is -3.79. The number of hydrogen-bond donors (Lipinski definition) is 2. The van der Waals surface area contributed by atoms with E-state index >= 15 is 0 Å². The fourth-order valence-corrected chi connectivity index (χ4v) is 4.46. The highest BCUT2D eigenvalue weighted by atomic mass is 32.2. The van der Waals surface area contributed by atoms with Gasteiger partial charge in [0.05, 0.1) is 4.90 Å². The Morgan fingerprint density at radius 1 is 1.00 bits per heavy atom. The van der Waals surface area contributed by atoms with Gasteiger partial charge in [0.2, 0.25) is 5.91 Å². The predicted molar refractivity (Wildman–Crippen MR) is 115 cm³/mol. The lowest BCUT2D eigenvalue weighted by atomic mass is 10.1. The van der Waals surface area contributed by atoms with Crippen LogP contribution < -0.4 is 10.0 Å². The Morgan fingerprint density at radius 3 is 2.37 bits per heavy atom. The lowest BCUT2D eigenvalue weighted by molar-refractivity contribution is -0.117. The minimum Gasteiger partial charge on any atom is -0.326 e. The first-order valence-electron chi connectivity index (χ1n) is 9.63. The molecular weight excluding hydrogens is 400 g/mol. The number of aryl methyl sites for hydroxylation is 2. The quantitative estimate of drug-likeness (QED) is 0.632. The first kappa shape index (κ1) is 20.0. The second-order valence-electron chi connectivity index (χ2n) is 7.42. The zero-order valence-corrected chi connectivity index (χ0v) is 17.5. The van der Waals surface area contributed by atoms with Gasteiger partial charge in [0.15, 0.2) is 0 Å². The van der Waals surface area contributed by atoms with Gasteiger partial charge < -0.3 is 5.32 Å². The van der Waals surface area contributed by atoms with Gasteiger partial charge in [-0.15, -0.1) is 0 Å². The van der Waals surface area contributed by atoms with E-state index in [1.54, 1.807) is 32.0 Å². The third-order valence-corrected chi connectivity index (χ3v) is 6.36. The van der Waals surface area contributed by atoms with E-state index in [9.17, 15) is 13.2 Å². The molecule has 2 atom stereocenters. The lowest BCUT2D eigenvalue weighted by Crippen LogP contribution is -2.16. The maximum absolute atomic E-state index is 12.6. The first-order chi connectivity index (χ1) is 14.3. The van der Waals surface area contributed by atoms with Crippen molar-refractivity contribution in [2.75, 3.05) is 10.0 Å². The molecule has 0 spiro atoms. The van der Waals surface area contributed by atoms with Gasteiger partial charge in [-0.25, -0.2) is 18.4 Å². The molecule has 1 aliphatic rings. The fraction of sp³-hybridized carbons (Fsp3) is 0.227. The third kappa shape index (κ3) is 4.49. The molecule has 0 saturated heterocycles. The van der Waals surface area contributed by atoms with Crippen LogP contribution in [-0.4, -0.2) is 24.3 Å². The first-order valence-corrected chi connectivity index (χ1v) is 11.1. The normalized spacial score (nSPS) is 17.9. The number of anilines is 2. The van der Waals surface area contributed by atoms with Crippen molar-refractivity contribution in [1.82, 2.24) is 9.97 Å². The topological polar surface area (TPSA) is 101 Å². The van der Waals surface area contributed by atoms with Crippen molar-refractivity contribution in [3.8, 4) is 0 Å². The molecule has 7 nitrogen and oxygen atoms in total. The molecule has 0 bridgehead atoms. The van der Waals surface area contributed by atoms with Crippen LogP contribution in [-0.2, 0) is 14.8 Å². The van der Waals surface area contributed by atoms with E-state index in [1.807, 2.05) is 30.3 Å². The molecule has 0 unspecified atom stereocenters. The lowest BCUT2D eigenvalue weighted by Gasteiger charge is -2.10. The third-order valence-electron chi connectivity index (χ3n) is 4.99. The number of nitrogens with zero attached hydrogens (tertiary/aromatic N) is 2. The van der Waals surface area contributed by atoms with Gasteiger partial charge in [0.25, 0.3) is 10.0 Å². The molecule has 8 heteroatoms. The summed E-state index contributed by atoms with van der Waals surface area (Å²) in [5.74, 6) is 0.846. The molecule has 2 aromatic carbocycles. The van der Waals surface area contributed by atoms with Crippen LogP contribution in [0, 0.1) is 19.8 Å². The molecule has 4 rings (SSSR count). The van der Waals surface area contributed by atoms with Crippen molar-refractivity contribution < 1.29 is 13.2 Å². The van der Waals surface area contributed by atoms with E-state index in [4.69, 9.17) is 0 Å². The molecule has 30 heavy (non-hydrogen) atoms. The average Bonchev–Trinajstić information content (AvgIpc) is 3.49. The number of aromatic nitrogens is 2. The monoisotopic (exact) mass is 422 g/mol. The highest BCUT2D eigenvalue weighted by molar-refractivity contribution is 7.92. The molecule has 1 saturated carbocycles. The number of sulfonamides is 1. The highest BCUT2D eigenvalue weighted by Crippen LogP contribution is 2.47. The molecule has 154 valence electrons. The molecular formula is C22H22N4O3S. The van der Waals surface area contributed by atoms with Crippen molar-refractivity contribution in [2.24, 2.45) is 5.92 Å². The Balaban J connectivity index is 1.41. The van der Waals surface area contributed by atoms with Crippen molar-refractivity contribution in [1.29, 1.82) is 0 Å². The van der Waals surface area contributed by atoms with Gasteiger partial charge in [-0.3, -0.25) is 9.52 Å². The summed E-state index contributed by atoms with van der Waals surface area (Å²) in [6.07, 6.45) is 0.823. The molecule has 0 radical (unpaired) electrons. The summed E-state index contributed by atoms with van der Waals surface area (Å²) >= 11 is 0. The van der Waals surface area contributed by atoms with Crippen LogP contribution in [0.15, 0.2) is 65.6 Å². The molecule has 1 heterocycles. The second kappa shape index (κ2) is 7.87. The average molecular weight is 423 g/mol. The Bertz CT molecular complexity index is 1160. The summed E-state index contributed by atoms with van der Waals surface area (Å²) in [6, 6.07) is 17.6. The Morgan fingerprint density at radius 2 is 1.70 bits per heavy atom. The molecule has 1 aliphatic carbocycles. The second-order valence-corrected chi connectivity index (χ2v) is 9.10. The minimum absolute atomic E-state index is 0.0514. The Hall–Kier alpha value is -3.26. The van der Waals surface area contributed by atoms with Gasteiger partial charge in [0.1, 0.15) is 11.6 Å². The molecule has 1 aromatic heterocycles. The van der Waals surface area contributed by atoms with Crippen LogP contribution in [0.3, 0.4) is 0 Å². The number of hydrogen-bond acceptors (Lipinski definition) is 5. The van der Waals surface area contributed by atoms with Crippen molar-refractivity contribution >= 4 is 27.4 Å². The highest BCUT2D eigenvalue weighted by Gasteiger charge is 2.43. The number of amides is 1. The maximum atomic E-state index is 12.6. The maximum Gasteiger partial charge on any atom is 0.263 e. The van der Waals surface area contributed by atoms with Gasteiger partial charge in [0, 0.05) is 23.4 Å². The Kier molecular flexibility index (Phi) is 5.26. The van der Waals surface area contributed by atoms with Crippen molar-refractivity contribution in [3.05, 3.63) is 77.7 Å². The van der Waals surface area contributed by atoms with Gasteiger partial charge in [-0.2, -0.15) is 0 Å². The summed E-state index contributed by atoms with van der Waals surface area (Å²) in [5, 5.41) is 2.87. The van der Waals surface area contributed by atoms with Crippen LogP contribution in [0.25, 0.3) is 0 Å². The van der Waals surface area contributed by atoms with E-state index in [1.165, 1.54) is 17.7 Å². The number of carbonyl (C=O) groups is 1. The zero-order chi connectivity index (χ0) is 21.3. The summed E-state index contributed by atoms with van der Waals surface area (Å²) < 4.78 is 27.7. The molecule has 1 fully saturated rings. The standard InChI is InChI=1S/C22H22N4O3S/c1-14-12-21(24-15(2)23-14)26-30(28,29)18-10-8-17(9-11-18)25-22(27)20-13-19(20)16-6-4-3-5-7-16/h3-12,19-20H,13H2,1-2H3,(H,25,27)(H,23,24,26)/t19-,20+/m0/s1. The van der Waals surface area contributed by atoms with Crippen LogP contribution >= 0.6 is 0 Å². The van der Waals surface area contributed by atoms with Crippen LogP contribution in [0.2, 0.25) is 0 Å². The smallest absolute Gasteiger partial charge is 0.263 e. The predicted octanol–water partition coefficient (Wildman–Crippen LogP) is 3.64. The SMILES string of the molecule is Cc1cc(NS(=O)(=O)c2ccc(NC(=O)[C@@H]3C[C@H]3c3ccccc3)cc2)nc(C)n1. The van der Waals surface area contributed by atoms with Crippen LogP contribution in [0.4, 0.5) is 11.5 Å². The van der Waals surface area contributed by atoms with E-state index in [0.717, 1.165) is 6.42 Å². The fourth-order valence-electron chi connectivity index (χ4n) is 3.47. The molecule has 0 aliphatic heterocycles. The molecule has 1 amide bonds. The Labute approximate surface area is 175 Å². The van der Waals surface area contributed by atoms with Crippen molar-refractivity contribution in [3.63, 3.8) is 0 Å². The van der Waals surface area contributed by atoms with E-state index in [-0.39, 0.29) is 28.5 Å². The molecule has 3 aromatic rings. The summed E-state index contributed by atoms with van der Waals surface area (Å²) in [6.45, 7) is 3.47. The minimum atomic E-state index is -3.79. The number of benzene rings is 2.